The van der Waals surface area contributed by atoms with Gasteiger partial charge < -0.3 is 0 Å². The largest absolute Gasteiger partial charge is 0.0622 e. The summed E-state index contributed by atoms with van der Waals surface area (Å²) in [4.78, 5) is 0. The second-order valence-electron chi connectivity index (χ2n) is 15.7. The van der Waals surface area contributed by atoms with Gasteiger partial charge in [-0.15, -0.1) is 0 Å². The Morgan fingerprint density at radius 2 is 0.818 bits per heavy atom. The quantitative estimate of drug-likeness (QED) is 0.161. The zero-order valence-corrected chi connectivity index (χ0v) is 31.0. The van der Waals surface area contributed by atoms with Crippen molar-refractivity contribution in [1.82, 2.24) is 0 Å². The van der Waals surface area contributed by atoms with Crippen molar-refractivity contribution in [2.75, 3.05) is 0 Å². The lowest BCUT2D eigenvalue weighted by Gasteiger charge is -2.22. The first-order valence-electron chi connectivity index (χ1n) is 19.3. The van der Waals surface area contributed by atoms with Gasteiger partial charge >= 0.3 is 0 Å². The third-order valence-electron chi connectivity index (χ3n) is 12.2. The van der Waals surface area contributed by atoms with E-state index in [0.717, 1.165) is 0 Å². The summed E-state index contributed by atoms with van der Waals surface area (Å²) in [5.41, 5.74) is 15.4. The molecule has 0 N–H and O–H groups in total. The molecule has 0 atom stereocenters. The highest BCUT2D eigenvalue weighted by Crippen LogP contribution is 2.49. The van der Waals surface area contributed by atoms with E-state index in [4.69, 9.17) is 0 Å². The molecule has 0 spiro atoms. The summed E-state index contributed by atoms with van der Waals surface area (Å²) in [6, 6.07) is 72.3. The van der Waals surface area contributed by atoms with Crippen molar-refractivity contribution in [3.05, 3.63) is 205 Å². The van der Waals surface area contributed by atoms with Crippen LogP contribution in [0.5, 0.6) is 0 Å². The van der Waals surface area contributed by atoms with Gasteiger partial charge in [0.2, 0.25) is 0 Å². The van der Waals surface area contributed by atoms with Crippen molar-refractivity contribution < 1.29 is 0 Å². The van der Waals surface area contributed by atoms with E-state index in [2.05, 4.69) is 208 Å². The zero-order valence-electron chi connectivity index (χ0n) is 31.0. The van der Waals surface area contributed by atoms with Crippen LogP contribution < -0.4 is 0 Å². The zero-order chi connectivity index (χ0) is 36.7. The smallest absolute Gasteiger partial charge is 0.0159 e. The fraction of sp³-hybridized carbons (Fsp3) is 0.0545. The van der Waals surface area contributed by atoms with Gasteiger partial charge in [0.1, 0.15) is 0 Å². The molecule has 1 aliphatic carbocycles. The first kappa shape index (κ1) is 31.7. The minimum Gasteiger partial charge on any atom is -0.0622 e. The van der Waals surface area contributed by atoms with Crippen molar-refractivity contribution in [3.63, 3.8) is 0 Å². The summed E-state index contributed by atoms with van der Waals surface area (Å²) < 4.78 is 0. The highest BCUT2D eigenvalue weighted by atomic mass is 14.4. The van der Waals surface area contributed by atoms with E-state index in [-0.39, 0.29) is 5.41 Å². The molecule has 10 aromatic carbocycles. The van der Waals surface area contributed by atoms with Gasteiger partial charge in [0, 0.05) is 5.41 Å². The Bertz CT molecular complexity index is 3160. The van der Waals surface area contributed by atoms with E-state index in [1.807, 2.05) is 0 Å². The van der Waals surface area contributed by atoms with E-state index in [1.54, 1.807) is 0 Å². The number of hydrogen-bond acceptors (Lipinski definition) is 0. The Hall–Kier alpha value is -6.76. The summed E-state index contributed by atoms with van der Waals surface area (Å²) in [5.74, 6) is 0. The predicted octanol–water partition coefficient (Wildman–Crippen LogP) is 15.3. The topological polar surface area (TPSA) is 0 Å². The molecule has 55 heavy (non-hydrogen) atoms. The molecule has 0 unspecified atom stereocenters. The van der Waals surface area contributed by atoms with E-state index in [1.165, 1.54) is 110 Å². The molecule has 10 aromatic rings. The fourth-order valence-corrected chi connectivity index (χ4v) is 9.35. The number of fused-ring (bicyclic) bond motifs is 9. The van der Waals surface area contributed by atoms with Crippen LogP contribution in [-0.2, 0) is 5.41 Å². The van der Waals surface area contributed by atoms with Crippen molar-refractivity contribution in [2.45, 2.75) is 19.3 Å². The molecule has 11 rings (SSSR count). The maximum atomic E-state index is 2.42. The van der Waals surface area contributed by atoms with Crippen LogP contribution in [0.3, 0.4) is 0 Å². The van der Waals surface area contributed by atoms with Crippen LogP contribution in [0.15, 0.2) is 194 Å². The third kappa shape index (κ3) is 5.06. The standard InChI is InChI=1S/C55H38/c1-55(2)52-19-11-10-17-48(52)49-27-26-41(34-53(49)55)39-22-21-38-29-40(24-23-37(38)28-39)44-30-43(35-12-4-3-5-13-35)31-45(32-44)51-33-42-25-20-36-14-6-7-15-46(36)54(42)50-18-9-8-16-47(50)51/h3-34H,1-2H3. The lowest BCUT2D eigenvalue weighted by Crippen LogP contribution is -2.14. The predicted molar refractivity (Wildman–Crippen MR) is 236 cm³/mol. The number of rotatable bonds is 4. The van der Waals surface area contributed by atoms with Crippen LogP contribution in [0.4, 0.5) is 0 Å². The summed E-state index contributed by atoms with van der Waals surface area (Å²) in [6.45, 7) is 4.71. The van der Waals surface area contributed by atoms with E-state index in [0.29, 0.717) is 0 Å². The van der Waals surface area contributed by atoms with Crippen LogP contribution in [0.25, 0.3) is 98.7 Å². The molecule has 0 amide bonds. The van der Waals surface area contributed by atoms with Crippen LogP contribution in [0.1, 0.15) is 25.0 Å². The van der Waals surface area contributed by atoms with E-state index in [9.17, 15) is 0 Å². The van der Waals surface area contributed by atoms with Gasteiger partial charge in [-0.25, -0.2) is 0 Å². The first-order chi connectivity index (χ1) is 27.0. The Morgan fingerprint density at radius 3 is 1.62 bits per heavy atom. The van der Waals surface area contributed by atoms with Crippen molar-refractivity contribution in [1.29, 1.82) is 0 Å². The van der Waals surface area contributed by atoms with Crippen molar-refractivity contribution >= 4 is 43.1 Å². The normalized spacial score (nSPS) is 13.1. The Balaban J connectivity index is 1.04. The van der Waals surface area contributed by atoms with Crippen LogP contribution in [0.2, 0.25) is 0 Å². The first-order valence-corrected chi connectivity index (χ1v) is 19.3. The lowest BCUT2D eigenvalue weighted by molar-refractivity contribution is 0.660. The molecule has 0 nitrogen and oxygen atoms in total. The molecule has 0 aromatic heterocycles. The van der Waals surface area contributed by atoms with E-state index < -0.39 is 0 Å². The molecular weight excluding hydrogens is 661 g/mol. The van der Waals surface area contributed by atoms with Crippen LogP contribution in [-0.4, -0.2) is 0 Å². The fourth-order valence-electron chi connectivity index (χ4n) is 9.35. The summed E-state index contributed by atoms with van der Waals surface area (Å²) in [7, 11) is 0. The molecule has 0 bridgehead atoms. The highest BCUT2D eigenvalue weighted by molar-refractivity contribution is 6.23. The average molecular weight is 699 g/mol. The SMILES string of the molecule is CC1(C)c2ccccc2-c2ccc(-c3ccc4cc(-c5cc(-c6ccccc6)cc(-c6cc7ccc8ccccc8c7c7ccccc67)c5)ccc4c3)cc21. The highest BCUT2D eigenvalue weighted by Gasteiger charge is 2.35. The molecule has 0 aliphatic heterocycles. The Labute approximate surface area is 322 Å². The van der Waals surface area contributed by atoms with Gasteiger partial charge in [-0.1, -0.05) is 166 Å². The third-order valence-corrected chi connectivity index (χ3v) is 12.2. The van der Waals surface area contributed by atoms with Gasteiger partial charge in [0.25, 0.3) is 0 Å². The van der Waals surface area contributed by atoms with Gasteiger partial charge in [0.05, 0.1) is 0 Å². The molecule has 0 saturated heterocycles. The van der Waals surface area contributed by atoms with Gasteiger partial charge in [-0.05, 0) is 152 Å². The summed E-state index contributed by atoms with van der Waals surface area (Å²) in [6.07, 6.45) is 0. The maximum Gasteiger partial charge on any atom is 0.0159 e. The van der Waals surface area contributed by atoms with Crippen molar-refractivity contribution in [3.8, 4) is 55.6 Å². The van der Waals surface area contributed by atoms with Crippen LogP contribution in [0, 0.1) is 0 Å². The monoisotopic (exact) mass is 698 g/mol. The minimum atomic E-state index is -0.0195. The van der Waals surface area contributed by atoms with Crippen LogP contribution >= 0.6 is 0 Å². The van der Waals surface area contributed by atoms with Gasteiger partial charge in [-0.3, -0.25) is 0 Å². The molecule has 258 valence electrons. The molecular formula is C55H38. The molecule has 1 aliphatic rings. The van der Waals surface area contributed by atoms with Crippen molar-refractivity contribution in [2.24, 2.45) is 0 Å². The molecule has 0 saturated carbocycles. The Kier molecular flexibility index (Phi) is 7.00. The molecule has 0 heterocycles. The molecule has 0 fully saturated rings. The van der Waals surface area contributed by atoms with Gasteiger partial charge in [-0.2, -0.15) is 0 Å². The molecule has 0 heteroatoms. The second kappa shape index (κ2) is 12.1. The summed E-state index contributed by atoms with van der Waals surface area (Å²) in [5, 5.41) is 10.2. The van der Waals surface area contributed by atoms with Gasteiger partial charge in [0.15, 0.2) is 0 Å². The summed E-state index contributed by atoms with van der Waals surface area (Å²) >= 11 is 0. The second-order valence-corrected chi connectivity index (χ2v) is 15.7. The van der Waals surface area contributed by atoms with E-state index >= 15 is 0 Å². The maximum absolute atomic E-state index is 2.42. The minimum absolute atomic E-state index is 0.0195. The number of benzene rings is 10. The lowest BCUT2D eigenvalue weighted by atomic mass is 9.81. The number of hydrogen-bond donors (Lipinski definition) is 0. The molecule has 0 radical (unpaired) electrons. The Morgan fingerprint density at radius 1 is 0.273 bits per heavy atom. The average Bonchev–Trinajstić information content (AvgIpc) is 3.48.